The van der Waals surface area contributed by atoms with Gasteiger partial charge >= 0.3 is 5.97 Å². The molecule has 0 spiro atoms. The van der Waals surface area contributed by atoms with Gasteiger partial charge in [-0.25, -0.2) is 4.99 Å². The largest absolute Gasteiger partial charge is 0.508 e. The molecule has 1 aliphatic heterocycles. The van der Waals surface area contributed by atoms with Crippen LogP contribution in [0.4, 0.5) is 5.69 Å². The Morgan fingerprint density at radius 2 is 1.62 bits per heavy atom. The number of benzene rings is 3. The summed E-state index contributed by atoms with van der Waals surface area (Å²) < 4.78 is 0. The lowest BCUT2D eigenvalue weighted by Crippen LogP contribution is -2.26. The Morgan fingerprint density at radius 1 is 0.949 bits per heavy atom. The van der Waals surface area contributed by atoms with Crippen molar-refractivity contribution in [2.45, 2.75) is 25.5 Å². The molecule has 0 fully saturated rings. The van der Waals surface area contributed by atoms with Gasteiger partial charge in [0.2, 0.25) is 0 Å². The average Bonchev–Trinajstić information content (AvgIpc) is 3.23. The van der Waals surface area contributed by atoms with Crippen LogP contribution in [0.25, 0.3) is 0 Å². The quantitative estimate of drug-likeness (QED) is 0.253. The molecule has 12 heteroatoms. The van der Waals surface area contributed by atoms with E-state index in [0.29, 0.717) is 16.8 Å². The Labute approximate surface area is 232 Å². The minimum Gasteiger partial charge on any atom is -0.508 e. The van der Waals surface area contributed by atoms with E-state index in [1.165, 1.54) is 24.3 Å². The number of phenols is 1. The summed E-state index contributed by atoms with van der Waals surface area (Å²) in [6.07, 6.45) is -1.54. The molecule has 0 aromatic heterocycles. The Balaban J connectivity index is 0.000000268. The van der Waals surface area contributed by atoms with E-state index in [0.717, 1.165) is 0 Å². The Morgan fingerprint density at radius 3 is 2.21 bits per heavy atom. The summed E-state index contributed by atoms with van der Waals surface area (Å²) in [4.78, 5) is 49.6. The molecule has 6 N–H and O–H groups in total. The first-order valence-electron chi connectivity index (χ1n) is 11.4. The van der Waals surface area contributed by atoms with Gasteiger partial charge in [0.25, 0.3) is 11.8 Å². The van der Waals surface area contributed by atoms with Gasteiger partial charge in [-0.2, -0.15) is 0 Å². The van der Waals surface area contributed by atoms with Crippen molar-refractivity contribution in [3.8, 4) is 5.75 Å². The number of amides is 2. The van der Waals surface area contributed by atoms with Gasteiger partial charge in [0.1, 0.15) is 17.6 Å². The molecule has 3 aromatic rings. The summed E-state index contributed by atoms with van der Waals surface area (Å²) in [6.45, 7) is 0.182. The molecule has 10 nitrogen and oxygen atoms in total. The normalized spacial score (nSPS) is 13.4. The number of carboxylic acids is 1. The predicted molar refractivity (Wildman–Crippen MR) is 145 cm³/mol. The monoisotopic (exact) mass is 571 g/mol. The molecule has 0 aliphatic carbocycles. The van der Waals surface area contributed by atoms with Crippen molar-refractivity contribution in [2.24, 2.45) is 10.7 Å². The minimum absolute atomic E-state index is 0.000819. The number of aliphatic carboxylic acids is 1. The van der Waals surface area contributed by atoms with Crippen LogP contribution < -0.4 is 11.1 Å². The van der Waals surface area contributed by atoms with Crippen molar-refractivity contribution < 1.29 is 34.5 Å². The number of nitrogens with zero attached hydrogens (tertiary/aromatic N) is 1. The third-order valence-corrected chi connectivity index (χ3v) is 6.09. The number of aliphatic hydroxyl groups is 1. The van der Waals surface area contributed by atoms with Crippen molar-refractivity contribution in [1.29, 1.82) is 0 Å². The molecule has 0 saturated heterocycles. The average molecular weight is 572 g/mol. The van der Waals surface area contributed by atoms with Gasteiger partial charge < -0.3 is 26.4 Å². The highest BCUT2D eigenvalue weighted by Crippen LogP contribution is 2.33. The van der Waals surface area contributed by atoms with Gasteiger partial charge in [-0.15, -0.1) is 0 Å². The van der Waals surface area contributed by atoms with Crippen molar-refractivity contribution in [2.75, 3.05) is 0 Å². The Bertz CT molecular complexity index is 1450. The molecule has 2 amide bonds. The van der Waals surface area contributed by atoms with Crippen LogP contribution in [0.5, 0.6) is 5.75 Å². The number of para-hydroxylation sites is 1. The minimum atomic E-state index is -1.10. The van der Waals surface area contributed by atoms with E-state index in [4.69, 9.17) is 34.0 Å². The Kier molecular flexibility index (Phi) is 9.78. The number of halogens is 2. The number of nitrogens with one attached hydrogen (secondary N) is 1. The van der Waals surface area contributed by atoms with Crippen molar-refractivity contribution in [3.05, 3.63) is 93.0 Å². The van der Waals surface area contributed by atoms with Gasteiger partial charge in [-0.3, -0.25) is 19.2 Å². The number of Topliss-reactive ketones (excluding diaryl/α,β-unsaturated/α-hetero) is 1. The summed E-state index contributed by atoms with van der Waals surface area (Å²) in [5.74, 6) is -2.65. The number of aliphatic imine (C=N–C) groups is 1. The molecule has 39 heavy (non-hydrogen) atoms. The highest BCUT2D eigenvalue weighted by molar-refractivity contribution is 6.41. The molecule has 1 unspecified atom stereocenters. The number of nitrogens with two attached hydrogens (primary N) is 1. The maximum Gasteiger partial charge on any atom is 0.303 e. The zero-order chi connectivity index (χ0) is 28.7. The molecule has 0 saturated carbocycles. The van der Waals surface area contributed by atoms with E-state index in [-0.39, 0.29) is 52.0 Å². The highest BCUT2D eigenvalue weighted by Gasteiger charge is 2.28. The van der Waals surface area contributed by atoms with Crippen molar-refractivity contribution >= 4 is 58.2 Å². The lowest BCUT2D eigenvalue weighted by Gasteiger charge is -2.10. The number of rotatable bonds is 8. The van der Waals surface area contributed by atoms with Gasteiger partial charge in [-0.1, -0.05) is 53.5 Å². The first-order chi connectivity index (χ1) is 18.5. The third-order valence-electron chi connectivity index (χ3n) is 5.50. The maximum absolute atomic E-state index is 12.3. The molecule has 0 radical (unpaired) electrons. The predicted octanol–water partition coefficient (Wildman–Crippen LogP) is 3.97. The molecule has 4 rings (SSSR count). The summed E-state index contributed by atoms with van der Waals surface area (Å²) in [6, 6.07) is 16.1. The van der Waals surface area contributed by atoms with Gasteiger partial charge in [0.15, 0.2) is 5.78 Å². The zero-order valence-corrected chi connectivity index (χ0v) is 21.7. The first-order valence-corrected chi connectivity index (χ1v) is 12.2. The second-order valence-electron chi connectivity index (χ2n) is 8.31. The van der Waals surface area contributed by atoms with Crippen LogP contribution >= 0.6 is 23.2 Å². The third kappa shape index (κ3) is 7.64. The van der Waals surface area contributed by atoms with Crippen LogP contribution in [0.15, 0.2) is 65.7 Å². The number of phenolic OH excluding ortho intramolecular Hbond substituents is 1. The number of hydrogen-bond acceptors (Lipinski definition) is 7. The lowest BCUT2D eigenvalue weighted by molar-refractivity contribution is -0.137. The van der Waals surface area contributed by atoms with Gasteiger partial charge in [0, 0.05) is 24.1 Å². The molecule has 1 heterocycles. The summed E-state index contributed by atoms with van der Waals surface area (Å²) in [5, 5.41) is 30.3. The topological polar surface area (TPSA) is 179 Å². The van der Waals surface area contributed by atoms with E-state index in [9.17, 15) is 29.4 Å². The van der Waals surface area contributed by atoms with E-state index in [2.05, 4.69) is 10.3 Å². The zero-order valence-electron chi connectivity index (χ0n) is 20.2. The molecule has 1 atom stereocenters. The second kappa shape index (κ2) is 13.0. The van der Waals surface area contributed by atoms with Crippen molar-refractivity contribution in [3.63, 3.8) is 0 Å². The Hall–Kier alpha value is -4.25. The smallest absolute Gasteiger partial charge is 0.303 e. The summed E-state index contributed by atoms with van der Waals surface area (Å²) >= 11 is 12.1. The fourth-order valence-corrected chi connectivity index (χ4v) is 4.31. The molecule has 1 aliphatic rings. The molecule has 3 aromatic carbocycles. The number of carbonyl (C=O) groups excluding carboxylic acids is 3. The molecular weight excluding hydrogens is 549 g/mol. The first kappa shape index (κ1) is 29.3. The van der Waals surface area contributed by atoms with E-state index < -0.39 is 29.7 Å². The highest BCUT2D eigenvalue weighted by atomic mass is 35.5. The lowest BCUT2D eigenvalue weighted by atomic mass is 10.0. The number of aromatic hydroxyl groups is 1. The van der Waals surface area contributed by atoms with Crippen molar-refractivity contribution in [1.82, 2.24) is 5.32 Å². The SMILES string of the molecule is NC(=O)C1=Nc2ccccc2C1O.O=C(O)CCC(=O)c1c(Cl)cc(C(=O)NCc2cccc(O)c2)cc1Cl. The molecular formula is C27H23Cl2N3O7. The van der Waals surface area contributed by atoms with Crippen LogP contribution in [0.3, 0.4) is 0 Å². The van der Waals surface area contributed by atoms with E-state index in [1.54, 1.807) is 36.4 Å². The fourth-order valence-electron chi connectivity index (χ4n) is 3.62. The van der Waals surface area contributed by atoms with Gasteiger partial charge in [-0.05, 0) is 35.9 Å². The van der Waals surface area contributed by atoms with E-state index >= 15 is 0 Å². The maximum atomic E-state index is 12.3. The number of fused-ring (bicyclic) bond motifs is 1. The van der Waals surface area contributed by atoms with Crippen LogP contribution in [0.1, 0.15) is 50.8 Å². The van der Waals surface area contributed by atoms with Crippen LogP contribution in [-0.2, 0) is 16.1 Å². The number of aliphatic hydroxyl groups excluding tert-OH is 1. The number of carboxylic acid groups (broad SMARTS) is 1. The van der Waals surface area contributed by atoms with Gasteiger partial charge in [0.05, 0.1) is 27.7 Å². The number of hydrogen-bond donors (Lipinski definition) is 5. The number of ketones is 1. The molecule has 0 bridgehead atoms. The van der Waals surface area contributed by atoms with Crippen LogP contribution in [-0.4, -0.2) is 44.6 Å². The number of primary amides is 1. The summed E-state index contributed by atoms with van der Waals surface area (Å²) in [7, 11) is 0. The number of carbonyl (C=O) groups is 4. The van der Waals surface area contributed by atoms with Crippen LogP contribution in [0, 0.1) is 0 Å². The second-order valence-corrected chi connectivity index (χ2v) is 9.12. The van der Waals surface area contributed by atoms with E-state index in [1.807, 2.05) is 0 Å². The standard InChI is InChI=1S/C18H15Cl2NO5.C9H8N2O2/c19-13-7-11(8-14(20)17(13)15(23)4-5-16(24)25)18(26)21-9-10-2-1-3-12(22)6-10;10-9(13)7-8(12)5-3-1-2-4-6(5)11-7/h1-3,6-8,22H,4-5,9H2,(H,21,26)(H,24,25);1-4,8,12H,(H2,10,13). The van der Waals surface area contributed by atoms with Crippen LogP contribution in [0.2, 0.25) is 10.0 Å². The fraction of sp³-hybridized carbons (Fsp3) is 0.148. The summed E-state index contributed by atoms with van der Waals surface area (Å²) in [5.41, 5.74) is 7.17. The molecule has 202 valence electrons.